The lowest BCUT2D eigenvalue weighted by Gasteiger charge is -2.22. The van der Waals surface area contributed by atoms with Crippen molar-refractivity contribution in [1.29, 1.82) is 0 Å². The molecule has 1 amide bonds. The molecule has 1 aliphatic rings. The van der Waals surface area contributed by atoms with Crippen molar-refractivity contribution in [1.82, 2.24) is 5.32 Å². The summed E-state index contributed by atoms with van der Waals surface area (Å²) < 4.78 is 30.2. The van der Waals surface area contributed by atoms with Crippen molar-refractivity contribution in [3.8, 4) is 5.75 Å². The molecule has 1 aromatic carbocycles. The summed E-state index contributed by atoms with van der Waals surface area (Å²) in [5, 5.41) is 3.13. The highest BCUT2D eigenvalue weighted by Gasteiger charge is 2.22. The zero-order valence-electron chi connectivity index (χ0n) is 15.9. The third-order valence-corrected chi connectivity index (χ3v) is 6.05. The summed E-state index contributed by atoms with van der Waals surface area (Å²) in [7, 11) is -1.80. The van der Waals surface area contributed by atoms with Gasteiger partial charge in [-0.1, -0.05) is 32.6 Å². The third kappa shape index (κ3) is 5.90. The van der Waals surface area contributed by atoms with E-state index < -0.39 is 16.1 Å². The number of nitrogens with zero attached hydrogens (tertiary/aromatic N) is 1. The monoisotopic (exact) mass is 382 g/mol. The van der Waals surface area contributed by atoms with Crippen LogP contribution in [0.2, 0.25) is 0 Å². The van der Waals surface area contributed by atoms with Gasteiger partial charge in [0.15, 0.2) is 6.10 Å². The number of ether oxygens (including phenoxy) is 1. The number of benzene rings is 1. The van der Waals surface area contributed by atoms with Gasteiger partial charge in [-0.05, 0) is 43.5 Å². The predicted molar refractivity (Wildman–Crippen MR) is 104 cm³/mol. The number of sulfonamides is 1. The van der Waals surface area contributed by atoms with E-state index in [9.17, 15) is 13.2 Å². The van der Waals surface area contributed by atoms with Gasteiger partial charge in [0.1, 0.15) is 5.75 Å². The average Bonchev–Trinajstić information content (AvgIpc) is 2.87. The maximum absolute atomic E-state index is 12.5. The number of rotatable bonds is 7. The van der Waals surface area contributed by atoms with Crippen LogP contribution in [0.3, 0.4) is 0 Å². The quantitative estimate of drug-likeness (QED) is 0.735. The van der Waals surface area contributed by atoms with E-state index in [1.54, 1.807) is 24.3 Å². The van der Waals surface area contributed by atoms with Crippen molar-refractivity contribution in [2.45, 2.75) is 64.0 Å². The number of carbonyl (C=O) groups excluding carboxylic acids is 1. The molecule has 0 bridgehead atoms. The van der Waals surface area contributed by atoms with Gasteiger partial charge in [0.05, 0.1) is 11.9 Å². The summed E-state index contributed by atoms with van der Waals surface area (Å²) >= 11 is 0. The SMILES string of the molecule is CC[C@@H](Oc1ccc(N(C)S(C)(=O)=O)cc1)C(=O)NC1CCCCCC1. The number of carbonyl (C=O) groups is 1. The lowest BCUT2D eigenvalue weighted by Crippen LogP contribution is -2.43. The maximum atomic E-state index is 12.5. The van der Waals surface area contributed by atoms with Crippen molar-refractivity contribution < 1.29 is 17.9 Å². The van der Waals surface area contributed by atoms with Crippen LogP contribution >= 0.6 is 0 Å². The summed E-state index contributed by atoms with van der Waals surface area (Å²) in [6, 6.07) is 6.98. The van der Waals surface area contributed by atoms with Gasteiger partial charge in [0, 0.05) is 13.1 Å². The van der Waals surface area contributed by atoms with Gasteiger partial charge in [0.2, 0.25) is 10.0 Å². The van der Waals surface area contributed by atoms with Crippen molar-refractivity contribution >= 4 is 21.6 Å². The van der Waals surface area contributed by atoms with Crippen LogP contribution in [0.1, 0.15) is 51.9 Å². The second kappa shape index (κ2) is 9.26. The van der Waals surface area contributed by atoms with Crippen molar-refractivity contribution in [3.05, 3.63) is 24.3 Å². The van der Waals surface area contributed by atoms with Crippen LogP contribution in [-0.4, -0.2) is 39.8 Å². The smallest absolute Gasteiger partial charge is 0.261 e. The standard InChI is InChI=1S/C19H30N2O4S/c1-4-18(19(22)20-15-9-7-5-6-8-10-15)25-17-13-11-16(12-14-17)21(2)26(3,23)24/h11-15,18H,4-10H2,1-3H3,(H,20,22)/t18-/m1/s1. The third-order valence-electron chi connectivity index (χ3n) is 4.84. The second-order valence-corrected chi connectivity index (χ2v) is 8.95. The molecular weight excluding hydrogens is 352 g/mol. The number of hydrogen-bond donors (Lipinski definition) is 1. The molecule has 0 spiro atoms. The van der Waals surface area contributed by atoms with Gasteiger partial charge >= 0.3 is 0 Å². The minimum absolute atomic E-state index is 0.0725. The van der Waals surface area contributed by atoms with Gasteiger partial charge in [-0.15, -0.1) is 0 Å². The molecule has 7 heteroatoms. The highest BCUT2D eigenvalue weighted by atomic mass is 32.2. The molecular formula is C19H30N2O4S. The van der Waals surface area contributed by atoms with Gasteiger partial charge < -0.3 is 10.1 Å². The van der Waals surface area contributed by atoms with Crippen LogP contribution < -0.4 is 14.4 Å². The van der Waals surface area contributed by atoms with Crippen LogP contribution in [0.4, 0.5) is 5.69 Å². The number of amides is 1. The van der Waals surface area contributed by atoms with Crippen molar-refractivity contribution in [2.24, 2.45) is 0 Å². The van der Waals surface area contributed by atoms with Gasteiger partial charge in [-0.3, -0.25) is 9.10 Å². The fourth-order valence-corrected chi connectivity index (χ4v) is 3.64. The minimum Gasteiger partial charge on any atom is -0.481 e. The minimum atomic E-state index is -3.30. The molecule has 1 N–H and O–H groups in total. The van der Waals surface area contributed by atoms with E-state index in [0.29, 0.717) is 17.9 Å². The average molecular weight is 383 g/mol. The van der Waals surface area contributed by atoms with Crippen molar-refractivity contribution in [2.75, 3.05) is 17.6 Å². The van der Waals surface area contributed by atoms with Crippen molar-refractivity contribution in [3.63, 3.8) is 0 Å². The van der Waals surface area contributed by atoms with Gasteiger partial charge in [-0.25, -0.2) is 8.42 Å². The fraction of sp³-hybridized carbons (Fsp3) is 0.632. The number of hydrogen-bond acceptors (Lipinski definition) is 4. The lowest BCUT2D eigenvalue weighted by molar-refractivity contribution is -0.128. The van der Waals surface area contributed by atoms with E-state index in [0.717, 1.165) is 31.9 Å². The molecule has 2 rings (SSSR count). The Hall–Kier alpha value is -1.76. The maximum Gasteiger partial charge on any atom is 0.261 e. The van der Waals surface area contributed by atoms with Crippen LogP contribution in [0.25, 0.3) is 0 Å². The number of anilines is 1. The largest absolute Gasteiger partial charge is 0.481 e. The molecule has 0 aromatic heterocycles. The molecule has 6 nitrogen and oxygen atoms in total. The Morgan fingerprint density at radius 2 is 1.77 bits per heavy atom. The molecule has 1 atom stereocenters. The first-order chi connectivity index (χ1) is 12.3. The molecule has 0 radical (unpaired) electrons. The first kappa shape index (κ1) is 20.6. The Morgan fingerprint density at radius 1 is 1.19 bits per heavy atom. The van der Waals surface area contributed by atoms with E-state index in [2.05, 4.69) is 5.32 Å². The first-order valence-electron chi connectivity index (χ1n) is 9.32. The molecule has 0 unspecified atom stereocenters. The summed E-state index contributed by atoms with van der Waals surface area (Å²) in [5.74, 6) is 0.482. The topological polar surface area (TPSA) is 75.7 Å². The molecule has 0 aliphatic heterocycles. The lowest BCUT2D eigenvalue weighted by atomic mass is 10.1. The van der Waals surface area contributed by atoms with Gasteiger partial charge in [-0.2, -0.15) is 0 Å². The Balaban J connectivity index is 1.97. The Morgan fingerprint density at radius 3 is 2.27 bits per heavy atom. The van der Waals surface area contributed by atoms with E-state index in [4.69, 9.17) is 4.74 Å². The van der Waals surface area contributed by atoms with Crippen LogP contribution in [0.15, 0.2) is 24.3 Å². The predicted octanol–water partition coefficient (Wildman–Crippen LogP) is 3.08. The van der Waals surface area contributed by atoms with Crippen LogP contribution in [0.5, 0.6) is 5.75 Å². The summed E-state index contributed by atoms with van der Waals surface area (Å²) in [4.78, 5) is 12.5. The normalized spacial score (nSPS) is 17.2. The second-order valence-electron chi connectivity index (χ2n) is 6.94. The summed E-state index contributed by atoms with van der Waals surface area (Å²) in [6.45, 7) is 1.92. The zero-order chi connectivity index (χ0) is 19.2. The molecule has 26 heavy (non-hydrogen) atoms. The Kier molecular flexibility index (Phi) is 7.32. The molecule has 0 saturated heterocycles. The zero-order valence-corrected chi connectivity index (χ0v) is 16.7. The molecule has 1 aromatic rings. The Labute approximate surface area is 157 Å². The van der Waals surface area contributed by atoms with E-state index in [-0.39, 0.29) is 11.9 Å². The Bertz CT molecular complexity index is 680. The summed E-state index contributed by atoms with van der Waals surface area (Å²) in [5.41, 5.74) is 0.552. The molecule has 146 valence electrons. The molecule has 1 fully saturated rings. The molecule has 1 aliphatic carbocycles. The van der Waals surface area contributed by atoms with E-state index in [1.165, 1.54) is 24.2 Å². The fourth-order valence-electron chi connectivity index (χ4n) is 3.13. The highest BCUT2D eigenvalue weighted by molar-refractivity contribution is 7.92. The molecule has 0 heterocycles. The summed E-state index contributed by atoms with van der Waals surface area (Å²) in [6.07, 6.45) is 8.07. The number of nitrogens with one attached hydrogen (secondary N) is 1. The first-order valence-corrected chi connectivity index (χ1v) is 11.2. The highest BCUT2D eigenvalue weighted by Crippen LogP contribution is 2.22. The van der Waals surface area contributed by atoms with E-state index >= 15 is 0 Å². The van der Waals surface area contributed by atoms with E-state index in [1.807, 2.05) is 6.92 Å². The van der Waals surface area contributed by atoms with Gasteiger partial charge in [0.25, 0.3) is 5.91 Å². The van der Waals surface area contributed by atoms with Crippen LogP contribution in [0, 0.1) is 0 Å². The van der Waals surface area contributed by atoms with Crippen LogP contribution in [-0.2, 0) is 14.8 Å². The molecule has 1 saturated carbocycles.